The predicted molar refractivity (Wildman–Crippen MR) is 126 cm³/mol. The van der Waals surface area contributed by atoms with Crippen molar-refractivity contribution >= 4 is 34.4 Å². The second-order valence-corrected chi connectivity index (χ2v) is 8.15. The minimum absolute atomic E-state index is 0.509. The summed E-state index contributed by atoms with van der Waals surface area (Å²) >= 11 is 6.10. The number of nitrogens with zero attached hydrogens (tertiary/aromatic N) is 5. The van der Waals surface area contributed by atoms with Crippen LogP contribution in [0, 0.1) is 0 Å². The van der Waals surface area contributed by atoms with E-state index in [9.17, 15) is 0 Å². The molecule has 2 aromatic carbocycles. The van der Waals surface area contributed by atoms with Gasteiger partial charge in [0.15, 0.2) is 5.65 Å². The third kappa shape index (κ3) is 4.06. The number of likely N-dealkylation sites (tertiary alicyclic amines) is 1. The average molecular weight is 434 g/mol. The van der Waals surface area contributed by atoms with E-state index in [1.165, 1.54) is 12.8 Å². The zero-order valence-corrected chi connectivity index (χ0v) is 17.9. The van der Waals surface area contributed by atoms with Crippen molar-refractivity contribution in [3.8, 4) is 16.9 Å². The number of benzene rings is 2. The number of hydrogen-bond acceptors (Lipinski definition) is 6. The number of rotatable bonds is 6. The highest BCUT2D eigenvalue weighted by Crippen LogP contribution is 2.33. The number of nitrogens with two attached hydrogens (primary N) is 1. The lowest BCUT2D eigenvalue weighted by Crippen LogP contribution is -2.26. The van der Waals surface area contributed by atoms with Crippen LogP contribution in [0.25, 0.3) is 28.0 Å². The molecule has 0 atom stereocenters. The first-order valence-electron chi connectivity index (χ1n) is 10.5. The minimum atomic E-state index is 0.509. The van der Waals surface area contributed by atoms with Crippen molar-refractivity contribution in [2.75, 3.05) is 37.2 Å². The summed E-state index contributed by atoms with van der Waals surface area (Å²) in [6, 6.07) is 17.4. The van der Waals surface area contributed by atoms with Crippen LogP contribution in [0.1, 0.15) is 12.8 Å². The van der Waals surface area contributed by atoms with E-state index < -0.39 is 0 Å². The Labute approximate surface area is 185 Å². The van der Waals surface area contributed by atoms with Gasteiger partial charge in [0.1, 0.15) is 5.82 Å². The van der Waals surface area contributed by atoms with E-state index in [1.54, 1.807) is 4.68 Å². The van der Waals surface area contributed by atoms with Crippen LogP contribution < -0.4 is 11.1 Å². The van der Waals surface area contributed by atoms with Gasteiger partial charge in [-0.15, -0.1) is 5.10 Å². The van der Waals surface area contributed by atoms with Gasteiger partial charge >= 0.3 is 0 Å². The molecule has 2 aromatic heterocycles. The van der Waals surface area contributed by atoms with Gasteiger partial charge in [0.05, 0.1) is 16.8 Å². The monoisotopic (exact) mass is 433 g/mol. The molecule has 1 saturated heterocycles. The standard InChI is InChI=1S/C23H24ClN7/c24-17-10-8-16(9-11-17)20-19-21(25)31(18-6-2-1-3-7-18)29-22(19)28-23(27-20)26-12-15-30-13-4-5-14-30/h1-3,6-11H,4-5,12-15,25H2,(H,26,28,29). The van der Waals surface area contributed by atoms with Gasteiger partial charge in [0.2, 0.25) is 5.95 Å². The van der Waals surface area contributed by atoms with Crippen molar-refractivity contribution in [3.05, 3.63) is 59.6 Å². The molecule has 1 aliphatic rings. The van der Waals surface area contributed by atoms with Crippen LogP contribution in [0.15, 0.2) is 54.6 Å². The number of aromatic nitrogens is 4. The summed E-state index contributed by atoms with van der Waals surface area (Å²) in [5.74, 6) is 1.06. The van der Waals surface area contributed by atoms with Crippen molar-refractivity contribution in [1.82, 2.24) is 24.6 Å². The van der Waals surface area contributed by atoms with E-state index in [2.05, 4.69) is 15.2 Å². The normalized spacial score (nSPS) is 14.4. The van der Waals surface area contributed by atoms with E-state index >= 15 is 0 Å². The largest absolute Gasteiger partial charge is 0.383 e. The molecule has 8 heteroatoms. The number of anilines is 2. The first-order chi connectivity index (χ1) is 15.2. The number of hydrogen-bond donors (Lipinski definition) is 2. The molecule has 3 heterocycles. The molecule has 1 aliphatic heterocycles. The van der Waals surface area contributed by atoms with Gasteiger partial charge in [-0.25, -0.2) is 9.67 Å². The van der Waals surface area contributed by atoms with E-state index in [-0.39, 0.29) is 0 Å². The van der Waals surface area contributed by atoms with Crippen LogP contribution in [0.4, 0.5) is 11.8 Å². The molecule has 3 N–H and O–H groups in total. The summed E-state index contributed by atoms with van der Waals surface area (Å²) in [7, 11) is 0. The van der Waals surface area contributed by atoms with Gasteiger partial charge in [-0.05, 0) is 50.2 Å². The topological polar surface area (TPSA) is 84.9 Å². The Morgan fingerprint density at radius 3 is 2.45 bits per heavy atom. The molecule has 0 spiro atoms. The first kappa shape index (κ1) is 19.8. The van der Waals surface area contributed by atoms with E-state index in [4.69, 9.17) is 27.4 Å². The zero-order chi connectivity index (χ0) is 21.2. The van der Waals surface area contributed by atoms with Gasteiger partial charge in [0, 0.05) is 23.7 Å². The Bertz CT molecular complexity index is 1180. The highest BCUT2D eigenvalue weighted by molar-refractivity contribution is 6.30. The van der Waals surface area contributed by atoms with Gasteiger partial charge in [0.25, 0.3) is 0 Å². The van der Waals surface area contributed by atoms with Crippen LogP contribution >= 0.6 is 11.6 Å². The predicted octanol–water partition coefficient (Wildman–Crippen LogP) is 4.23. The second kappa shape index (κ2) is 8.53. The maximum absolute atomic E-state index is 6.54. The average Bonchev–Trinajstić information content (AvgIpc) is 3.43. The Kier molecular flexibility index (Phi) is 5.44. The Hall–Kier alpha value is -3.16. The van der Waals surface area contributed by atoms with Crippen LogP contribution in [0.3, 0.4) is 0 Å². The molecule has 5 rings (SSSR count). The molecule has 0 saturated carbocycles. The number of fused-ring (bicyclic) bond motifs is 1. The van der Waals surface area contributed by atoms with Crippen molar-refractivity contribution in [2.45, 2.75) is 12.8 Å². The molecule has 1 fully saturated rings. The SMILES string of the molecule is Nc1c2c(-c3ccc(Cl)cc3)nc(NCCN3CCCC3)nc2nn1-c1ccccc1. The van der Waals surface area contributed by atoms with Crippen LogP contribution in [-0.2, 0) is 0 Å². The van der Waals surface area contributed by atoms with Crippen molar-refractivity contribution in [3.63, 3.8) is 0 Å². The van der Waals surface area contributed by atoms with E-state index in [1.807, 2.05) is 54.6 Å². The molecule has 7 nitrogen and oxygen atoms in total. The van der Waals surface area contributed by atoms with Gasteiger partial charge in [-0.1, -0.05) is 41.9 Å². The summed E-state index contributed by atoms with van der Waals surface area (Å²) < 4.78 is 1.72. The lowest BCUT2D eigenvalue weighted by molar-refractivity contribution is 0.352. The maximum Gasteiger partial charge on any atom is 0.225 e. The van der Waals surface area contributed by atoms with Crippen LogP contribution in [-0.4, -0.2) is 50.8 Å². The van der Waals surface area contributed by atoms with Crippen LogP contribution in [0.5, 0.6) is 0 Å². The number of para-hydroxylation sites is 1. The van der Waals surface area contributed by atoms with Gasteiger partial charge < -0.3 is 16.0 Å². The smallest absolute Gasteiger partial charge is 0.225 e. The fourth-order valence-corrected chi connectivity index (χ4v) is 4.13. The summed E-state index contributed by atoms with van der Waals surface area (Å²) in [5, 5.41) is 9.48. The Balaban J connectivity index is 1.56. The number of nitrogen functional groups attached to an aromatic ring is 1. The fourth-order valence-electron chi connectivity index (χ4n) is 4.01. The molecular formula is C23H24ClN7. The van der Waals surface area contributed by atoms with E-state index in [0.29, 0.717) is 22.4 Å². The molecule has 4 aromatic rings. The van der Waals surface area contributed by atoms with Crippen LogP contribution in [0.2, 0.25) is 5.02 Å². The molecule has 0 radical (unpaired) electrons. The summed E-state index contributed by atoms with van der Waals surface area (Å²) in [6.45, 7) is 4.07. The lowest BCUT2D eigenvalue weighted by atomic mass is 10.1. The lowest BCUT2D eigenvalue weighted by Gasteiger charge is -2.15. The van der Waals surface area contributed by atoms with E-state index in [0.717, 1.165) is 48.5 Å². The molecule has 0 unspecified atom stereocenters. The molecule has 31 heavy (non-hydrogen) atoms. The summed E-state index contributed by atoms with van der Waals surface area (Å²) in [4.78, 5) is 11.9. The molecule has 158 valence electrons. The highest BCUT2D eigenvalue weighted by Gasteiger charge is 2.19. The molecule has 0 aliphatic carbocycles. The van der Waals surface area contributed by atoms with Crippen molar-refractivity contribution in [2.24, 2.45) is 0 Å². The van der Waals surface area contributed by atoms with Crippen molar-refractivity contribution in [1.29, 1.82) is 0 Å². The van der Waals surface area contributed by atoms with Crippen molar-refractivity contribution < 1.29 is 0 Å². The molecule has 0 amide bonds. The number of halogens is 1. The third-order valence-electron chi connectivity index (χ3n) is 5.60. The number of nitrogens with one attached hydrogen (secondary N) is 1. The first-order valence-corrected chi connectivity index (χ1v) is 10.9. The second-order valence-electron chi connectivity index (χ2n) is 7.71. The third-order valence-corrected chi connectivity index (χ3v) is 5.85. The highest BCUT2D eigenvalue weighted by atomic mass is 35.5. The fraction of sp³-hybridized carbons (Fsp3) is 0.261. The van der Waals surface area contributed by atoms with Gasteiger partial charge in [-0.3, -0.25) is 0 Å². The Morgan fingerprint density at radius 1 is 0.968 bits per heavy atom. The van der Waals surface area contributed by atoms with Gasteiger partial charge in [-0.2, -0.15) is 4.98 Å². The quantitative estimate of drug-likeness (QED) is 0.473. The maximum atomic E-state index is 6.54. The zero-order valence-electron chi connectivity index (χ0n) is 17.1. The summed E-state index contributed by atoms with van der Waals surface area (Å²) in [6.07, 6.45) is 2.55. The molecule has 0 bridgehead atoms. The minimum Gasteiger partial charge on any atom is -0.383 e. The Morgan fingerprint density at radius 2 is 1.71 bits per heavy atom. The summed E-state index contributed by atoms with van der Waals surface area (Å²) in [5.41, 5.74) is 9.63. The molecular weight excluding hydrogens is 410 g/mol.